The highest BCUT2D eigenvalue weighted by molar-refractivity contribution is 5.63. The summed E-state index contributed by atoms with van der Waals surface area (Å²) in [6, 6.07) is 0. The first-order chi connectivity index (χ1) is 3.65. The lowest BCUT2D eigenvalue weighted by atomic mass is 10.4. The third-order valence-corrected chi connectivity index (χ3v) is 0.0962. The topological polar surface area (TPSA) is 17.1 Å². The number of aldehydes is 1. The zero-order chi connectivity index (χ0) is 6.99. The fraction of sp³-hybridized carbons (Fsp3) is 0.286. The average molecular weight is 112 g/mol. The fourth-order valence-electron chi connectivity index (χ4n) is 0. The Kier molecular flexibility index (Phi) is 12.1. The molecule has 0 aliphatic carbocycles. The molecule has 0 aliphatic heterocycles. The standard InChI is InChI=1S/C4H8.C3H4O/c1-4(2)3;1-2-3-4/h1H2,2-3H3;2-3H,1H2. The lowest BCUT2D eigenvalue weighted by Gasteiger charge is -1.65. The van der Waals surface area contributed by atoms with Crippen molar-refractivity contribution in [1.29, 1.82) is 0 Å². The summed E-state index contributed by atoms with van der Waals surface area (Å²) in [6.07, 6.45) is 1.83. The first kappa shape index (κ1) is 10.2. The molecule has 0 heterocycles. The Morgan fingerprint density at radius 1 is 1.50 bits per heavy atom. The SMILES string of the molecule is C=C(C)C.C=CC=O. The molecule has 0 rings (SSSR count). The Labute approximate surface area is 50.7 Å². The van der Waals surface area contributed by atoms with E-state index in [1.165, 1.54) is 11.6 Å². The van der Waals surface area contributed by atoms with Gasteiger partial charge in [-0.3, -0.25) is 4.79 Å². The molecule has 0 saturated heterocycles. The van der Waals surface area contributed by atoms with E-state index in [0.29, 0.717) is 6.29 Å². The van der Waals surface area contributed by atoms with E-state index < -0.39 is 0 Å². The smallest absolute Gasteiger partial charge is 0.142 e. The summed E-state index contributed by atoms with van der Waals surface area (Å²) in [6.45, 7) is 10.6. The summed E-state index contributed by atoms with van der Waals surface area (Å²) in [4.78, 5) is 9.06. The molecule has 0 spiro atoms. The summed E-state index contributed by atoms with van der Waals surface area (Å²) >= 11 is 0. The van der Waals surface area contributed by atoms with Gasteiger partial charge in [0.1, 0.15) is 6.29 Å². The van der Waals surface area contributed by atoms with Crippen LogP contribution in [0.2, 0.25) is 0 Å². The molecule has 0 aromatic heterocycles. The van der Waals surface area contributed by atoms with Crippen LogP contribution in [-0.2, 0) is 4.79 Å². The summed E-state index contributed by atoms with van der Waals surface area (Å²) in [7, 11) is 0. The minimum Gasteiger partial charge on any atom is -0.299 e. The molecule has 0 N–H and O–H groups in total. The van der Waals surface area contributed by atoms with Gasteiger partial charge in [-0.15, -0.1) is 6.58 Å². The number of allylic oxidation sites excluding steroid dienone is 2. The quantitative estimate of drug-likeness (QED) is 0.288. The molecule has 0 amide bonds. The van der Waals surface area contributed by atoms with Gasteiger partial charge in [0.2, 0.25) is 0 Å². The molecule has 0 fully saturated rings. The number of carbonyl (C=O) groups excluding carboxylic acids is 1. The van der Waals surface area contributed by atoms with Gasteiger partial charge >= 0.3 is 0 Å². The van der Waals surface area contributed by atoms with Gasteiger partial charge in [0.05, 0.1) is 0 Å². The molecule has 0 atom stereocenters. The van der Waals surface area contributed by atoms with E-state index in [1.807, 2.05) is 13.8 Å². The normalized spacial score (nSPS) is 5.75. The zero-order valence-electron chi connectivity index (χ0n) is 5.48. The van der Waals surface area contributed by atoms with Crippen molar-refractivity contribution in [3.05, 3.63) is 24.8 Å². The highest BCUT2D eigenvalue weighted by atomic mass is 16.1. The molecule has 1 heteroatoms. The number of carbonyl (C=O) groups is 1. The van der Waals surface area contributed by atoms with Crippen LogP contribution < -0.4 is 0 Å². The third kappa shape index (κ3) is 3940. The summed E-state index contributed by atoms with van der Waals surface area (Å²) in [5.41, 5.74) is 1.17. The zero-order valence-corrected chi connectivity index (χ0v) is 5.48. The maximum absolute atomic E-state index is 9.06. The third-order valence-electron chi connectivity index (χ3n) is 0.0962. The molecule has 0 unspecified atom stereocenters. The van der Waals surface area contributed by atoms with Gasteiger partial charge < -0.3 is 0 Å². The van der Waals surface area contributed by atoms with Gasteiger partial charge in [-0.05, 0) is 19.9 Å². The summed E-state index contributed by atoms with van der Waals surface area (Å²) < 4.78 is 0. The largest absolute Gasteiger partial charge is 0.299 e. The van der Waals surface area contributed by atoms with Gasteiger partial charge in [0, 0.05) is 0 Å². The van der Waals surface area contributed by atoms with Crippen LogP contribution in [-0.4, -0.2) is 6.29 Å². The van der Waals surface area contributed by atoms with Crippen LogP contribution in [0.25, 0.3) is 0 Å². The molecule has 0 aromatic carbocycles. The van der Waals surface area contributed by atoms with E-state index in [0.717, 1.165) is 0 Å². The van der Waals surface area contributed by atoms with E-state index in [2.05, 4.69) is 13.2 Å². The van der Waals surface area contributed by atoms with Gasteiger partial charge in [-0.25, -0.2) is 0 Å². The van der Waals surface area contributed by atoms with Crippen LogP contribution in [0.4, 0.5) is 0 Å². The Balaban J connectivity index is 0. The second-order valence-corrected chi connectivity index (χ2v) is 1.58. The second-order valence-electron chi connectivity index (χ2n) is 1.58. The Morgan fingerprint density at radius 2 is 1.62 bits per heavy atom. The number of hydrogen-bond donors (Lipinski definition) is 0. The first-order valence-corrected chi connectivity index (χ1v) is 2.33. The molecule has 0 saturated carbocycles. The highest BCUT2D eigenvalue weighted by Gasteiger charge is 1.51. The molecule has 8 heavy (non-hydrogen) atoms. The van der Waals surface area contributed by atoms with E-state index in [-0.39, 0.29) is 0 Å². The van der Waals surface area contributed by atoms with Crippen molar-refractivity contribution in [1.82, 2.24) is 0 Å². The van der Waals surface area contributed by atoms with Gasteiger partial charge in [0.15, 0.2) is 0 Å². The minimum absolute atomic E-state index is 0.639. The van der Waals surface area contributed by atoms with E-state index in [1.54, 1.807) is 0 Å². The van der Waals surface area contributed by atoms with Crippen LogP contribution in [0.15, 0.2) is 24.8 Å². The molecule has 0 aromatic rings. The maximum atomic E-state index is 9.06. The molecule has 46 valence electrons. The van der Waals surface area contributed by atoms with Gasteiger partial charge in [0.25, 0.3) is 0 Å². The molecule has 0 aliphatic rings. The summed E-state index contributed by atoms with van der Waals surface area (Å²) in [5, 5.41) is 0. The predicted octanol–water partition coefficient (Wildman–Crippen LogP) is 1.95. The Morgan fingerprint density at radius 3 is 1.62 bits per heavy atom. The van der Waals surface area contributed by atoms with Crippen molar-refractivity contribution in [2.45, 2.75) is 13.8 Å². The monoisotopic (exact) mass is 112 g/mol. The highest BCUT2D eigenvalue weighted by Crippen LogP contribution is 1.73. The molecule has 1 nitrogen and oxygen atoms in total. The predicted molar refractivity (Wildman–Crippen MR) is 36.7 cm³/mol. The van der Waals surface area contributed by atoms with Crippen LogP contribution in [0.5, 0.6) is 0 Å². The maximum Gasteiger partial charge on any atom is 0.142 e. The second kappa shape index (κ2) is 9.47. The van der Waals surface area contributed by atoms with Crippen LogP contribution in [0.3, 0.4) is 0 Å². The average Bonchev–Trinajstić information content (AvgIpc) is 1.65. The van der Waals surface area contributed by atoms with Gasteiger partial charge in [-0.1, -0.05) is 12.2 Å². The first-order valence-electron chi connectivity index (χ1n) is 2.33. The Hall–Kier alpha value is -0.850. The molecule has 0 radical (unpaired) electrons. The number of hydrogen-bond acceptors (Lipinski definition) is 1. The lowest BCUT2D eigenvalue weighted by Crippen LogP contribution is -1.44. The van der Waals surface area contributed by atoms with Gasteiger partial charge in [-0.2, -0.15) is 0 Å². The van der Waals surface area contributed by atoms with Crippen LogP contribution in [0.1, 0.15) is 13.8 Å². The molecular formula is C7H12O. The van der Waals surface area contributed by atoms with E-state index >= 15 is 0 Å². The number of rotatable bonds is 1. The summed E-state index contributed by atoms with van der Waals surface area (Å²) in [5.74, 6) is 0. The fourth-order valence-corrected chi connectivity index (χ4v) is 0. The lowest BCUT2D eigenvalue weighted by molar-refractivity contribution is -0.104. The van der Waals surface area contributed by atoms with Crippen LogP contribution >= 0.6 is 0 Å². The molecule has 0 bridgehead atoms. The van der Waals surface area contributed by atoms with Crippen molar-refractivity contribution < 1.29 is 4.79 Å². The van der Waals surface area contributed by atoms with E-state index in [4.69, 9.17) is 4.79 Å². The molecular weight excluding hydrogens is 100 g/mol. The minimum atomic E-state index is 0.639. The van der Waals surface area contributed by atoms with Crippen molar-refractivity contribution >= 4 is 6.29 Å². The van der Waals surface area contributed by atoms with E-state index in [9.17, 15) is 0 Å². The van der Waals surface area contributed by atoms with Crippen molar-refractivity contribution in [2.75, 3.05) is 0 Å². The van der Waals surface area contributed by atoms with Crippen molar-refractivity contribution in [3.63, 3.8) is 0 Å². The van der Waals surface area contributed by atoms with Crippen molar-refractivity contribution in [3.8, 4) is 0 Å². The Bertz CT molecular complexity index is 72.4. The van der Waals surface area contributed by atoms with Crippen molar-refractivity contribution in [2.24, 2.45) is 0 Å². The van der Waals surface area contributed by atoms with Crippen LogP contribution in [0, 0.1) is 0 Å².